The van der Waals surface area contributed by atoms with Gasteiger partial charge in [-0.25, -0.2) is 8.78 Å². The van der Waals surface area contributed by atoms with E-state index in [1.165, 1.54) is 12.3 Å². The maximum Gasteiger partial charge on any atom is 0.159 e. The summed E-state index contributed by atoms with van der Waals surface area (Å²) in [4.78, 5) is 3.99. The maximum absolute atomic E-state index is 12.8. The van der Waals surface area contributed by atoms with Gasteiger partial charge < -0.3 is 0 Å². The summed E-state index contributed by atoms with van der Waals surface area (Å²) < 4.78 is 25.5. The summed E-state index contributed by atoms with van der Waals surface area (Å²) in [7, 11) is 0. The number of hydrogen-bond donors (Lipinski definition) is 0. The van der Waals surface area contributed by atoms with E-state index in [1.807, 2.05) is 0 Å². The van der Waals surface area contributed by atoms with Gasteiger partial charge >= 0.3 is 0 Å². The van der Waals surface area contributed by atoms with Crippen molar-refractivity contribution in [3.63, 3.8) is 0 Å². The molecule has 0 saturated carbocycles. The number of benzene rings is 1. The molecule has 0 aliphatic rings. The molecule has 1 nitrogen and oxygen atoms in total. The van der Waals surface area contributed by atoms with Crippen LogP contribution in [0, 0.1) is 18.6 Å². The summed E-state index contributed by atoms with van der Waals surface area (Å²) in [5.74, 6) is -1.66. The molecule has 0 radical (unpaired) electrons. The largest absolute Gasteiger partial charge is 0.261 e. The molecule has 0 aliphatic heterocycles. The molecule has 1 aromatic carbocycles. The highest BCUT2D eigenvalue weighted by molar-refractivity contribution is 5.82. The second kappa shape index (κ2) is 2.76. The lowest BCUT2D eigenvalue weighted by Crippen LogP contribution is -1.86. The van der Waals surface area contributed by atoms with E-state index in [2.05, 4.69) is 4.98 Å². The van der Waals surface area contributed by atoms with Gasteiger partial charge in [-0.2, -0.15) is 0 Å². The van der Waals surface area contributed by atoms with E-state index in [1.54, 1.807) is 13.0 Å². The normalized spacial score (nSPS) is 10.7. The van der Waals surface area contributed by atoms with Gasteiger partial charge in [0.15, 0.2) is 11.6 Å². The molecule has 0 saturated heterocycles. The highest BCUT2D eigenvalue weighted by atomic mass is 19.2. The standard InChI is InChI=1S/C10H7F2N/c1-6-2-7-3-9(11)10(12)4-8(7)5-13-6/h2-5H,1H3. The summed E-state index contributed by atoms with van der Waals surface area (Å²) in [5.41, 5.74) is 0.790. The molecule has 13 heavy (non-hydrogen) atoms. The van der Waals surface area contributed by atoms with Crippen LogP contribution in [0.25, 0.3) is 10.8 Å². The number of pyridine rings is 1. The van der Waals surface area contributed by atoms with Gasteiger partial charge in [0.1, 0.15) is 0 Å². The minimum absolute atomic E-state index is 0.615. The molecule has 0 spiro atoms. The van der Waals surface area contributed by atoms with Gasteiger partial charge in [0.05, 0.1) is 0 Å². The molecule has 3 heteroatoms. The monoisotopic (exact) mass is 179 g/mol. The van der Waals surface area contributed by atoms with E-state index < -0.39 is 11.6 Å². The van der Waals surface area contributed by atoms with Gasteiger partial charge in [-0.05, 0) is 30.5 Å². The topological polar surface area (TPSA) is 12.9 Å². The fraction of sp³-hybridized carbons (Fsp3) is 0.100. The van der Waals surface area contributed by atoms with E-state index in [4.69, 9.17) is 0 Å². The Hall–Kier alpha value is -1.51. The van der Waals surface area contributed by atoms with Crippen molar-refractivity contribution < 1.29 is 8.78 Å². The van der Waals surface area contributed by atoms with Crippen molar-refractivity contribution in [2.75, 3.05) is 0 Å². The Morgan fingerprint density at radius 1 is 1.00 bits per heavy atom. The summed E-state index contributed by atoms with van der Waals surface area (Å²) >= 11 is 0. The average molecular weight is 179 g/mol. The van der Waals surface area contributed by atoms with Gasteiger partial charge in [0.2, 0.25) is 0 Å². The maximum atomic E-state index is 12.8. The first kappa shape index (κ1) is 8.10. The smallest absolute Gasteiger partial charge is 0.159 e. The van der Waals surface area contributed by atoms with Crippen LogP contribution in [0.4, 0.5) is 8.78 Å². The molecule has 2 aromatic rings. The SMILES string of the molecule is Cc1cc2cc(F)c(F)cc2cn1. The lowest BCUT2D eigenvalue weighted by Gasteiger charge is -1.99. The molecule has 0 bridgehead atoms. The van der Waals surface area contributed by atoms with Crippen LogP contribution in [0.5, 0.6) is 0 Å². The van der Waals surface area contributed by atoms with Gasteiger partial charge in [-0.3, -0.25) is 4.98 Å². The zero-order chi connectivity index (χ0) is 9.42. The van der Waals surface area contributed by atoms with Gasteiger partial charge in [0, 0.05) is 17.3 Å². The molecular weight excluding hydrogens is 172 g/mol. The zero-order valence-corrected chi connectivity index (χ0v) is 7.01. The fourth-order valence-corrected chi connectivity index (χ4v) is 1.25. The van der Waals surface area contributed by atoms with Crippen molar-refractivity contribution in [2.45, 2.75) is 6.92 Å². The minimum atomic E-state index is -0.835. The molecule has 0 atom stereocenters. The Morgan fingerprint density at radius 3 is 2.31 bits per heavy atom. The highest BCUT2D eigenvalue weighted by Gasteiger charge is 2.03. The van der Waals surface area contributed by atoms with E-state index in [0.717, 1.165) is 11.8 Å². The van der Waals surface area contributed by atoms with Crippen LogP contribution >= 0.6 is 0 Å². The molecule has 1 aromatic heterocycles. The molecule has 0 N–H and O–H groups in total. The first-order valence-electron chi connectivity index (χ1n) is 3.88. The molecule has 2 rings (SSSR count). The van der Waals surface area contributed by atoms with E-state index in [0.29, 0.717) is 10.8 Å². The Morgan fingerprint density at radius 2 is 1.62 bits per heavy atom. The predicted octanol–water partition coefficient (Wildman–Crippen LogP) is 2.82. The van der Waals surface area contributed by atoms with Crippen LogP contribution in [-0.2, 0) is 0 Å². The lowest BCUT2D eigenvalue weighted by molar-refractivity contribution is 0.511. The highest BCUT2D eigenvalue weighted by Crippen LogP contribution is 2.17. The third-order valence-electron chi connectivity index (χ3n) is 1.90. The third kappa shape index (κ3) is 1.37. The van der Waals surface area contributed by atoms with Crippen LogP contribution in [0.1, 0.15) is 5.69 Å². The van der Waals surface area contributed by atoms with Crippen molar-refractivity contribution in [1.29, 1.82) is 0 Å². The second-order valence-corrected chi connectivity index (χ2v) is 2.94. The average Bonchev–Trinajstić information content (AvgIpc) is 2.08. The summed E-state index contributed by atoms with van der Waals surface area (Å²) in [6, 6.07) is 4.05. The Balaban J connectivity index is 2.81. The van der Waals surface area contributed by atoms with Crippen LogP contribution in [0.3, 0.4) is 0 Å². The number of nitrogens with zero attached hydrogens (tertiary/aromatic N) is 1. The third-order valence-corrected chi connectivity index (χ3v) is 1.90. The fourth-order valence-electron chi connectivity index (χ4n) is 1.25. The van der Waals surface area contributed by atoms with Crippen molar-refractivity contribution >= 4 is 10.8 Å². The van der Waals surface area contributed by atoms with Crippen molar-refractivity contribution in [3.05, 3.63) is 41.7 Å². The molecule has 0 amide bonds. The first-order valence-corrected chi connectivity index (χ1v) is 3.88. The molecule has 66 valence electrons. The van der Waals surface area contributed by atoms with Crippen molar-refractivity contribution in [1.82, 2.24) is 4.98 Å². The molecule has 1 heterocycles. The Labute approximate surface area is 74.0 Å². The molecule has 0 aliphatic carbocycles. The first-order chi connectivity index (χ1) is 6.16. The minimum Gasteiger partial charge on any atom is -0.261 e. The van der Waals surface area contributed by atoms with Gasteiger partial charge in [-0.15, -0.1) is 0 Å². The van der Waals surface area contributed by atoms with E-state index in [-0.39, 0.29) is 0 Å². The summed E-state index contributed by atoms with van der Waals surface area (Å²) in [6.07, 6.45) is 1.53. The van der Waals surface area contributed by atoms with E-state index >= 15 is 0 Å². The van der Waals surface area contributed by atoms with Crippen LogP contribution in [0.2, 0.25) is 0 Å². The number of fused-ring (bicyclic) bond motifs is 1. The summed E-state index contributed by atoms with van der Waals surface area (Å²) in [5, 5.41) is 1.29. The predicted molar refractivity (Wildman–Crippen MR) is 46.4 cm³/mol. The lowest BCUT2D eigenvalue weighted by atomic mass is 10.1. The molecular formula is C10H7F2N. The van der Waals surface area contributed by atoms with Gasteiger partial charge in [0.25, 0.3) is 0 Å². The molecule has 0 unspecified atom stereocenters. The van der Waals surface area contributed by atoms with Crippen LogP contribution in [-0.4, -0.2) is 4.98 Å². The second-order valence-electron chi connectivity index (χ2n) is 2.94. The number of hydrogen-bond acceptors (Lipinski definition) is 1. The van der Waals surface area contributed by atoms with Crippen molar-refractivity contribution in [2.24, 2.45) is 0 Å². The quantitative estimate of drug-likeness (QED) is 0.606. The Kier molecular flexibility index (Phi) is 1.72. The Bertz CT molecular complexity index is 466. The van der Waals surface area contributed by atoms with Crippen LogP contribution < -0.4 is 0 Å². The van der Waals surface area contributed by atoms with Gasteiger partial charge in [-0.1, -0.05) is 0 Å². The molecule has 0 fully saturated rings. The number of aryl methyl sites for hydroxylation is 1. The van der Waals surface area contributed by atoms with Crippen LogP contribution in [0.15, 0.2) is 24.4 Å². The number of rotatable bonds is 0. The zero-order valence-electron chi connectivity index (χ0n) is 7.01. The number of halogens is 2. The van der Waals surface area contributed by atoms with E-state index in [9.17, 15) is 8.78 Å². The summed E-state index contributed by atoms with van der Waals surface area (Å²) in [6.45, 7) is 1.81. The van der Waals surface area contributed by atoms with Crippen molar-refractivity contribution in [3.8, 4) is 0 Å². The number of aromatic nitrogens is 1.